The van der Waals surface area contributed by atoms with Crippen molar-refractivity contribution in [2.24, 2.45) is 17.8 Å². The number of carbonyl (C=O) groups is 1. The van der Waals surface area contributed by atoms with Gasteiger partial charge >= 0.3 is 5.97 Å². The van der Waals surface area contributed by atoms with E-state index in [1.807, 2.05) is 26.0 Å². The molecule has 10 atom stereocenters. The van der Waals surface area contributed by atoms with Crippen LogP contribution in [-0.2, 0) is 19.0 Å². The lowest BCUT2D eigenvalue weighted by Gasteiger charge is -2.38. The monoisotopic (exact) mass is 454 g/mol. The minimum absolute atomic E-state index is 0.0549. The number of rotatable bonds is 11. The number of carboxylic acids is 1. The highest BCUT2D eigenvalue weighted by atomic mass is 16.6. The summed E-state index contributed by atoms with van der Waals surface area (Å²) in [4.78, 5) is 11.0. The summed E-state index contributed by atoms with van der Waals surface area (Å²) in [5, 5.41) is 29.3. The van der Waals surface area contributed by atoms with Gasteiger partial charge in [-0.1, -0.05) is 39.0 Å². The summed E-state index contributed by atoms with van der Waals surface area (Å²) in [6, 6.07) is 0. The number of methoxy groups -OCH3 is 1. The molecular formula is C25H42O7. The van der Waals surface area contributed by atoms with Gasteiger partial charge in [0.05, 0.1) is 48.6 Å². The zero-order valence-corrected chi connectivity index (χ0v) is 20.5. The maximum Gasteiger partial charge on any atom is 0.305 e. The average Bonchev–Trinajstić information content (AvgIpc) is 3.34. The van der Waals surface area contributed by atoms with E-state index < -0.39 is 24.3 Å². The molecule has 3 N–H and O–H groups in total. The Bertz CT molecular complexity index is 688. The number of hydrogen-bond donors (Lipinski definition) is 3. The molecule has 7 heteroatoms. The van der Waals surface area contributed by atoms with Gasteiger partial charge in [-0.05, 0) is 38.7 Å². The second-order valence-electron chi connectivity index (χ2n) is 10.1. The Labute approximate surface area is 192 Å². The average molecular weight is 455 g/mol. The van der Waals surface area contributed by atoms with E-state index in [0.29, 0.717) is 6.42 Å². The van der Waals surface area contributed by atoms with Crippen LogP contribution < -0.4 is 0 Å². The zero-order chi connectivity index (χ0) is 24.2. The van der Waals surface area contributed by atoms with E-state index in [0.717, 1.165) is 12.0 Å². The predicted octanol–water partition coefficient (Wildman–Crippen LogP) is 3.33. The molecule has 0 saturated carbocycles. The Morgan fingerprint density at radius 3 is 2.53 bits per heavy atom. The van der Waals surface area contributed by atoms with Crippen LogP contribution in [0.5, 0.6) is 0 Å². The molecule has 0 aromatic heterocycles. The van der Waals surface area contributed by atoms with Gasteiger partial charge in [-0.3, -0.25) is 4.79 Å². The van der Waals surface area contributed by atoms with E-state index in [2.05, 4.69) is 26.8 Å². The van der Waals surface area contributed by atoms with Crippen LogP contribution >= 0.6 is 0 Å². The van der Waals surface area contributed by atoms with Crippen LogP contribution in [0.15, 0.2) is 23.8 Å². The van der Waals surface area contributed by atoms with Crippen LogP contribution in [0.2, 0.25) is 0 Å². The molecule has 0 aliphatic carbocycles. The molecule has 2 aliphatic rings. The molecule has 0 amide bonds. The van der Waals surface area contributed by atoms with Crippen molar-refractivity contribution in [3.8, 4) is 0 Å². The SMILES string of the molecule is CO[C@H]([C@@H](C)[C@H]1O[C@]1(C)C[C@H](C)/C=C/C=C(\C)[C@@H]1O[C@@H](CC(=O)O)CC(O)[C@@H]1C)[C@@H](C)O. The quantitative estimate of drug-likeness (QED) is 0.324. The Morgan fingerprint density at radius 2 is 1.97 bits per heavy atom. The number of aliphatic hydroxyl groups excluding tert-OH is 2. The molecule has 0 aromatic carbocycles. The molecule has 2 heterocycles. The van der Waals surface area contributed by atoms with Crippen LogP contribution in [0.25, 0.3) is 0 Å². The van der Waals surface area contributed by atoms with Gasteiger partial charge in [-0.2, -0.15) is 0 Å². The molecule has 0 bridgehead atoms. The smallest absolute Gasteiger partial charge is 0.305 e. The molecule has 32 heavy (non-hydrogen) atoms. The number of carboxylic acid groups (broad SMARTS) is 1. The summed E-state index contributed by atoms with van der Waals surface area (Å²) >= 11 is 0. The maximum absolute atomic E-state index is 11.0. The third-order valence-electron chi connectivity index (χ3n) is 6.99. The van der Waals surface area contributed by atoms with E-state index >= 15 is 0 Å². The fourth-order valence-corrected chi connectivity index (χ4v) is 5.23. The van der Waals surface area contributed by atoms with Crippen molar-refractivity contribution in [1.82, 2.24) is 0 Å². The summed E-state index contributed by atoms with van der Waals surface area (Å²) < 4.78 is 17.5. The molecule has 7 nitrogen and oxygen atoms in total. The van der Waals surface area contributed by atoms with Crippen LogP contribution in [0.1, 0.15) is 60.8 Å². The molecule has 2 rings (SSSR count). The Kier molecular flexibility index (Phi) is 9.49. The van der Waals surface area contributed by atoms with Crippen LogP contribution in [0.4, 0.5) is 0 Å². The first-order chi connectivity index (χ1) is 14.9. The molecule has 2 saturated heterocycles. The highest BCUT2D eigenvalue weighted by Crippen LogP contribution is 2.47. The molecule has 0 aromatic rings. The minimum Gasteiger partial charge on any atom is -0.481 e. The van der Waals surface area contributed by atoms with Gasteiger partial charge < -0.3 is 29.5 Å². The van der Waals surface area contributed by atoms with Crippen molar-refractivity contribution in [2.75, 3.05) is 7.11 Å². The fourth-order valence-electron chi connectivity index (χ4n) is 5.23. The van der Waals surface area contributed by atoms with Crippen LogP contribution in [0.3, 0.4) is 0 Å². The molecule has 0 spiro atoms. The number of ether oxygens (including phenoxy) is 3. The highest BCUT2D eigenvalue weighted by Gasteiger charge is 2.56. The molecular weight excluding hydrogens is 412 g/mol. The van der Waals surface area contributed by atoms with Crippen molar-refractivity contribution >= 4 is 5.97 Å². The minimum atomic E-state index is -0.917. The van der Waals surface area contributed by atoms with E-state index in [-0.39, 0.29) is 48.1 Å². The maximum atomic E-state index is 11.0. The Morgan fingerprint density at radius 1 is 1.31 bits per heavy atom. The van der Waals surface area contributed by atoms with Gasteiger partial charge in [0.25, 0.3) is 0 Å². The molecule has 184 valence electrons. The molecule has 0 radical (unpaired) electrons. The number of aliphatic hydroxyl groups is 2. The second kappa shape index (κ2) is 11.3. The number of allylic oxidation sites excluding steroid dienone is 3. The molecule has 2 aliphatic heterocycles. The first-order valence-electron chi connectivity index (χ1n) is 11.7. The first-order valence-corrected chi connectivity index (χ1v) is 11.7. The third kappa shape index (κ3) is 6.87. The highest BCUT2D eigenvalue weighted by molar-refractivity contribution is 5.67. The van der Waals surface area contributed by atoms with E-state index in [1.165, 1.54) is 0 Å². The van der Waals surface area contributed by atoms with Crippen molar-refractivity contribution < 1.29 is 34.3 Å². The lowest BCUT2D eigenvalue weighted by molar-refractivity contribution is -0.150. The number of epoxide rings is 1. The Hall–Kier alpha value is -1.25. The summed E-state index contributed by atoms with van der Waals surface area (Å²) in [7, 11) is 1.62. The van der Waals surface area contributed by atoms with Gasteiger partial charge in [-0.15, -0.1) is 0 Å². The normalized spacial score (nSPS) is 37.2. The second-order valence-corrected chi connectivity index (χ2v) is 10.1. The summed E-state index contributed by atoms with van der Waals surface area (Å²) in [5.41, 5.74) is 0.735. The predicted molar refractivity (Wildman–Crippen MR) is 122 cm³/mol. The molecule has 1 unspecified atom stereocenters. The van der Waals surface area contributed by atoms with Crippen LogP contribution in [-0.4, -0.2) is 70.6 Å². The summed E-state index contributed by atoms with van der Waals surface area (Å²) in [6.07, 6.45) is 5.12. The molecule has 2 fully saturated rings. The van der Waals surface area contributed by atoms with Gasteiger partial charge in [0.1, 0.15) is 0 Å². The Balaban J connectivity index is 1.93. The standard InChI is InChI=1S/C25H42O7/c1-14(13-25(6)24(32-25)17(4)23(30-7)18(5)26)9-8-10-15(2)22-16(3)20(27)11-19(31-22)12-21(28)29/h8-10,14,16-20,22-24,26-27H,11-13H2,1-7H3,(H,28,29)/b9-8+,15-10+/t14-,16+,17-,18-,19-,20?,22+,23-,24-,25-/m1/s1. The zero-order valence-electron chi connectivity index (χ0n) is 20.5. The van der Waals surface area contributed by atoms with Crippen molar-refractivity contribution in [3.63, 3.8) is 0 Å². The van der Waals surface area contributed by atoms with Crippen molar-refractivity contribution in [2.45, 2.75) is 103 Å². The van der Waals surface area contributed by atoms with Crippen molar-refractivity contribution in [3.05, 3.63) is 23.8 Å². The van der Waals surface area contributed by atoms with Crippen molar-refractivity contribution in [1.29, 1.82) is 0 Å². The lowest BCUT2D eigenvalue weighted by atomic mass is 9.85. The summed E-state index contributed by atoms with van der Waals surface area (Å²) in [6.45, 7) is 11.9. The largest absolute Gasteiger partial charge is 0.481 e. The fraction of sp³-hybridized carbons (Fsp3) is 0.800. The van der Waals surface area contributed by atoms with Gasteiger partial charge in [0.2, 0.25) is 0 Å². The number of aliphatic carboxylic acids is 1. The topological polar surface area (TPSA) is 109 Å². The van der Waals surface area contributed by atoms with Gasteiger partial charge in [-0.25, -0.2) is 0 Å². The summed E-state index contributed by atoms with van der Waals surface area (Å²) in [5.74, 6) is -0.632. The van der Waals surface area contributed by atoms with Gasteiger partial charge in [0, 0.05) is 25.4 Å². The third-order valence-corrected chi connectivity index (χ3v) is 6.99. The first kappa shape index (κ1) is 27.0. The number of hydrogen-bond acceptors (Lipinski definition) is 6. The lowest BCUT2D eigenvalue weighted by Crippen LogP contribution is -2.44. The van der Waals surface area contributed by atoms with Crippen LogP contribution in [0, 0.1) is 17.8 Å². The van der Waals surface area contributed by atoms with Gasteiger partial charge in [0.15, 0.2) is 0 Å². The van der Waals surface area contributed by atoms with E-state index in [1.54, 1.807) is 14.0 Å². The van der Waals surface area contributed by atoms with E-state index in [4.69, 9.17) is 19.3 Å². The van der Waals surface area contributed by atoms with E-state index in [9.17, 15) is 15.0 Å².